The van der Waals surface area contributed by atoms with Crippen LogP contribution < -0.4 is 5.32 Å². The summed E-state index contributed by atoms with van der Waals surface area (Å²) < 4.78 is 40.0. The highest BCUT2D eigenvalue weighted by molar-refractivity contribution is 4.95. The van der Waals surface area contributed by atoms with Crippen molar-refractivity contribution in [3.05, 3.63) is 0 Å². The first kappa shape index (κ1) is 15.1. The van der Waals surface area contributed by atoms with Crippen LogP contribution in [0, 0.1) is 11.8 Å². The maximum Gasteiger partial charge on any atom is 0.522 e. The Kier molecular flexibility index (Phi) is 4.74. The van der Waals surface area contributed by atoms with Gasteiger partial charge in [-0.25, -0.2) is 0 Å². The van der Waals surface area contributed by atoms with Crippen molar-refractivity contribution >= 4 is 0 Å². The highest BCUT2D eigenvalue weighted by Gasteiger charge is 2.39. The van der Waals surface area contributed by atoms with Crippen molar-refractivity contribution in [2.75, 3.05) is 26.2 Å². The van der Waals surface area contributed by atoms with E-state index in [1.165, 1.54) is 12.8 Å². The number of hydrogen-bond acceptors (Lipinski definition) is 3. The van der Waals surface area contributed by atoms with Crippen molar-refractivity contribution in [1.82, 2.24) is 10.2 Å². The second-order valence-corrected chi connectivity index (χ2v) is 5.95. The Balaban J connectivity index is 1.84. The fraction of sp³-hybridized carbons (Fsp3) is 1.00. The molecule has 1 aliphatic heterocycles. The van der Waals surface area contributed by atoms with Crippen molar-refractivity contribution in [2.45, 2.75) is 45.1 Å². The van der Waals surface area contributed by atoms with Crippen molar-refractivity contribution in [1.29, 1.82) is 0 Å². The molecule has 2 unspecified atom stereocenters. The smallest absolute Gasteiger partial charge is 0.311 e. The molecule has 0 aromatic heterocycles. The molecule has 1 aliphatic carbocycles. The van der Waals surface area contributed by atoms with E-state index >= 15 is 0 Å². The van der Waals surface area contributed by atoms with Gasteiger partial charge in [-0.15, -0.1) is 13.2 Å². The first-order chi connectivity index (χ1) is 8.87. The fourth-order valence-corrected chi connectivity index (χ4v) is 2.78. The molecule has 1 saturated carbocycles. The molecule has 1 heterocycles. The van der Waals surface area contributed by atoms with E-state index in [1.807, 2.05) is 0 Å². The van der Waals surface area contributed by atoms with Gasteiger partial charge in [0.2, 0.25) is 0 Å². The Bertz CT molecular complexity index is 292. The second kappa shape index (κ2) is 5.97. The van der Waals surface area contributed by atoms with Crippen LogP contribution in [0.1, 0.15) is 26.7 Å². The minimum atomic E-state index is -4.51. The Morgan fingerprint density at radius 2 is 2.00 bits per heavy atom. The number of nitrogens with one attached hydrogen (secondary N) is 1. The maximum absolute atomic E-state index is 12.0. The molecule has 1 saturated heterocycles. The summed E-state index contributed by atoms with van der Waals surface area (Å²) in [5, 5.41) is 3.52. The standard InChI is InChI=1S/C13H23F3N2O/c1-9(2)11-8-18(5-6-19-13(14,15)16)12(7-17-11)10-3-4-10/h9-12,17H,3-8H2,1-2H3. The predicted molar refractivity (Wildman–Crippen MR) is 66.7 cm³/mol. The molecule has 2 aliphatic rings. The molecule has 1 N–H and O–H groups in total. The summed E-state index contributed by atoms with van der Waals surface area (Å²) in [4.78, 5) is 2.19. The number of nitrogens with zero attached hydrogens (tertiary/aromatic N) is 1. The molecule has 112 valence electrons. The SMILES string of the molecule is CC(C)C1CN(CCOC(F)(F)F)C(C2CC2)CN1. The van der Waals surface area contributed by atoms with Crippen molar-refractivity contribution in [3.8, 4) is 0 Å². The lowest BCUT2D eigenvalue weighted by Crippen LogP contribution is -2.59. The summed E-state index contributed by atoms with van der Waals surface area (Å²) in [6.07, 6.45) is -2.11. The van der Waals surface area contributed by atoms with E-state index in [4.69, 9.17) is 0 Å². The molecular weight excluding hydrogens is 257 g/mol. The Morgan fingerprint density at radius 3 is 2.53 bits per heavy atom. The van der Waals surface area contributed by atoms with Crippen LogP contribution in [0.5, 0.6) is 0 Å². The van der Waals surface area contributed by atoms with Gasteiger partial charge in [0.05, 0.1) is 6.61 Å². The van der Waals surface area contributed by atoms with E-state index in [0.29, 0.717) is 30.5 Å². The Morgan fingerprint density at radius 1 is 1.32 bits per heavy atom. The topological polar surface area (TPSA) is 24.5 Å². The third-order valence-electron chi connectivity index (χ3n) is 4.10. The van der Waals surface area contributed by atoms with Crippen molar-refractivity contribution in [3.63, 3.8) is 0 Å². The van der Waals surface area contributed by atoms with Gasteiger partial charge < -0.3 is 5.32 Å². The van der Waals surface area contributed by atoms with Gasteiger partial charge in [0, 0.05) is 31.7 Å². The van der Waals surface area contributed by atoms with Gasteiger partial charge in [-0.2, -0.15) is 0 Å². The quantitative estimate of drug-likeness (QED) is 0.836. The first-order valence-corrected chi connectivity index (χ1v) is 7.05. The van der Waals surface area contributed by atoms with Crippen LogP contribution in [0.3, 0.4) is 0 Å². The third-order valence-corrected chi connectivity index (χ3v) is 4.10. The second-order valence-electron chi connectivity index (χ2n) is 5.95. The van der Waals surface area contributed by atoms with Crippen LogP contribution in [-0.2, 0) is 4.74 Å². The maximum atomic E-state index is 12.0. The summed E-state index contributed by atoms with van der Waals surface area (Å²) >= 11 is 0. The predicted octanol–water partition coefficient (Wildman–Crippen LogP) is 2.23. The molecule has 2 atom stereocenters. The lowest BCUT2D eigenvalue weighted by Gasteiger charge is -2.42. The van der Waals surface area contributed by atoms with Crippen LogP contribution in [0.15, 0.2) is 0 Å². The highest BCUT2D eigenvalue weighted by Crippen LogP contribution is 2.36. The Hall–Kier alpha value is -0.330. The molecular formula is C13H23F3N2O. The number of halogens is 3. The number of hydrogen-bond donors (Lipinski definition) is 1. The number of ether oxygens (including phenoxy) is 1. The monoisotopic (exact) mass is 280 g/mol. The molecule has 0 radical (unpaired) electrons. The molecule has 0 aromatic carbocycles. The van der Waals surface area contributed by atoms with Gasteiger partial charge in [0.15, 0.2) is 0 Å². The van der Waals surface area contributed by atoms with Gasteiger partial charge >= 0.3 is 6.36 Å². The zero-order chi connectivity index (χ0) is 14.0. The van der Waals surface area contributed by atoms with Gasteiger partial charge in [0.25, 0.3) is 0 Å². The average molecular weight is 280 g/mol. The van der Waals surface area contributed by atoms with Crippen LogP contribution in [-0.4, -0.2) is 49.6 Å². The van der Waals surface area contributed by atoms with Crippen LogP contribution in [0.4, 0.5) is 13.2 Å². The average Bonchev–Trinajstić information content (AvgIpc) is 3.11. The van der Waals surface area contributed by atoms with E-state index in [1.54, 1.807) is 0 Å². The minimum absolute atomic E-state index is 0.266. The van der Waals surface area contributed by atoms with Crippen LogP contribution in [0.2, 0.25) is 0 Å². The van der Waals surface area contributed by atoms with Gasteiger partial charge in [0.1, 0.15) is 0 Å². The third kappa shape index (κ3) is 4.61. The minimum Gasteiger partial charge on any atom is -0.311 e. The molecule has 0 aromatic rings. The molecule has 2 rings (SSSR count). The fourth-order valence-electron chi connectivity index (χ4n) is 2.78. The Labute approximate surface area is 112 Å². The van der Waals surface area contributed by atoms with Gasteiger partial charge in [-0.3, -0.25) is 9.64 Å². The van der Waals surface area contributed by atoms with Gasteiger partial charge in [-0.05, 0) is 24.7 Å². The lowest BCUT2D eigenvalue weighted by atomic mass is 9.97. The zero-order valence-electron chi connectivity index (χ0n) is 11.5. The molecule has 19 heavy (non-hydrogen) atoms. The van der Waals surface area contributed by atoms with E-state index in [9.17, 15) is 13.2 Å². The van der Waals surface area contributed by atoms with Gasteiger partial charge in [-0.1, -0.05) is 13.8 Å². The highest BCUT2D eigenvalue weighted by atomic mass is 19.4. The van der Waals surface area contributed by atoms with Crippen molar-refractivity contribution < 1.29 is 17.9 Å². The summed E-state index contributed by atoms with van der Waals surface area (Å²) in [7, 11) is 0. The van der Waals surface area contributed by atoms with E-state index < -0.39 is 6.36 Å². The molecule has 0 bridgehead atoms. The molecule has 0 amide bonds. The number of rotatable bonds is 5. The van der Waals surface area contributed by atoms with Crippen LogP contribution >= 0.6 is 0 Å². The normalized spacial score (nSPS) is 30.0. The summed E-state index contributed by atoms with van der Waals surface area (Å²) in [6, 6.07) is 0.743. The van der Waals surface area contributed by atoms with Crippen LogP contribution in [0.25, 0.3) is 0 Å². The largest absolute Gasteiger partial charge is 0.522 e. The summed E-state index contributed by atoms with van der Waals surface area (Å²) in [5.74, 6) is 1.15. The van der Waals surface area contributed by atoms with E-state index in [2.05, 4.69) is 28.8 Å². The summed E-state index contributed by atoms with van der Waals surface area (Å²) in [5.41, 5.74) is 0. The molecule has 2 fully saturated rings. The first-order valence-electron chi connectivity index (χ1n) is 7.05. The zero-order valence-corrected chi connectivity index (χ0v) is 11.5. The van der Waals surface area contributed by atoms with E-state index in [-0.39, 0.29) is 6.61 Å². The molecule has 3 nitrogen and oxygen atoms in total. The number of piperazine rings is 1. The lowest BCUT2D eigenvalue weighted by molar-refractivity contribution is -0.325. The number of alkyl halides is 3. The summed E-state index contributed by atoms with van der Waals surface area (Å²) in [6.45, 7) is 6.09. The van der Waals surface area contributed by atoms with E-state index in [0.717, 1.165) is 13.1 Å². The molecule has 0 spiro atoms. The van der Waals surface area contributed by atoms with Crippen molar-refractivity contribution in [2.24, 2.45) is 11.8 Å². The molecule has 6 heteroatoms.